The minimum absolute atomic E-state index is 0.128. The minimum Gasteiger partial charge on any atom is -0.519 e. The highest BCUT2D eigenvalue weighted by Crippen LogP contribution is 2.18. The van der Waals surface area contributed by atoms with Crippen molar-refractivity contribution in [2.24, 2.45) is 0 Å². The highest BCUT2D eigenvalue weighted by atomic mass is 28.4. The van der Waals surface area contributed by atoms with Gasteiger partial charge in [-0.15, -0.1) is 0 Å². The van der Waals surface area contributed by atoms with Gasteiger partial charge in [-0.3, -0.25) is 10.1 Å². The van der Waals surface area contributed by atoms with Crippen molar-refractivity contribution in [3.05, 3.63) is 0 Å². The summed E-state index contributed by atoms with van der Waals surface area (Å²) >= 11 is 0. The van der Waals surface area contributed by atoms with E-state index in [4.69, 9.17) is 17.7 Å². The molecule has 0 unspecified atom stereocenters. The molecule has 0 aliphatic rings. The molecule has 0 aliphatic carbocycles. The molecule has 0 aromatic rings. The molecule has 0 saturated heterocycles. The normalized spacial score (nSPS) is 14.3. The maximum Gasteiger partial charge on any atom is 0.306 e. The van der Waals surface area contributed by atoms with Gasteiger partial charge >= 0.3 is 5.97 Å². The third-order valence-corrected chi connectivity index (χ3v) is 7.24. The van der Waals surface area contributed by atoms with E-state index in [1.807, 2.05) is 19.6 Å². The first-order valence-electron chi connectivity index (χ1n) is 10.1. The highest BCUT2D eigenvalue weighted by molar-refractivity contribution is 6.71. The van der Waals surface area contributed by atoms with E-state index in [1.54, 1.807) is 0 Å². The predicted molar refractivity (Wildman–Crippen MR) is 128 cm³/mol. The number of rotatable bonds is 13. The van der Waals surface area contributed by atoms with Crippen LogP contribution >= 0.6 is 0 Å². The van der Waals surface area contributed by atoms with E-state index in [9.17, 15) is 4.79 Å². The summed E-state index contributed by atoms with van der Waals surface area (Å²) in [5, 5.41) is 3.41. The molecule has 0 radical (unpaired) electrons. The SMILES string of the molecule is C[Si](C)(C)OCC(CO[Si](C)(C)C)(CO[Si](C)(C)C)NCC(=O)O[Si](C)(C)C. The fourth-order valence-corrected chi connectivity index (χ4v) is 4.86. The largest absolute Gasteiger partial charge is 0.519 e. The van der Waals surface area contributed by atoms with E-state index < -0.39 is 38.8 Å². The molecule has 0 aromatic heterocycles. The van der Waals surface area contributed by atoms with Crippen molar-refractivity contribution in [3.8, 4) is 0 Å². The number of hydrogen-bond acceptors (Lipinski definition) is 6. The van der Waals surface area contributed by atoms with E-state index >= 15 is 0 Å². The monoisotopic (exact) mass is 467 g/mol. The van der Waals surface area contributed by atoms with Crippen molar-refractivity contribution in [2.45, 2.75) is 84.1 Å². The van der Waals surface area contributed by atoms with Gasteiger partial charge in [0.1, 0.15) is 0 Å². The molecule has 0 bridgehead atoms. The van der Waals surface area contributed by atoms with Gasteiger partial charge in [0, 0.05) is 0 Å². The van der Waals surface area contributed by atoms with Gasteiger partial charge in [-0.25, -0.2) is 0 Å². The van der Waals surface area contributed by atoms with Crippen LogP contribution in [-0.4, -0.2) is 71.1 Å². The van der Waals surface area contributed by atoms with Gasteiger partial charge in [0.05, 0.1) is 31.9 Å². The molecule has 0 rings (SSSR count). The lowest BCUT2D eigenvalue weighted by molar-refractivity contribution is -0.134. The molecular formula is C18H45NO5Si4. The van der Waals surface area contributed by atoms with Crippen LogP contribution in [0.5, 0.6) is 0 Å². The summed E-state index contributed by atoms with van der Waals surface area (Å²) in [6.45, 7) is 27.0. The Bertz CT molecular complexity index is 445. The van der Waals surface area contributed by atoms with E-state index in [-0.39, 0.29) is 12.5 Å². The Morgan fingerprint density at radius 1 is 0.643 bits per heavy atom. The number of carbonyl (C=O) groups is 1. The summed E-state index contributed by atoms with van der Waals surface area (Å²) in [5.74, 6) is -0.224. The minimum atomic E-state index is -1.92. The lowest BCUT2D eigenvalue weighted by atomic mass is 10.0. The van der Waals surface area contributed by atoms with Crippen LogP contribution < -0.4 is 5.32 Å². The molecule has 0 amide bonds. The summed E-state index contributed by atoms with van der Waals surface area (Å²) in [6, 6.07) is 0. The zero-order valence-electron chi connectivity index (χ0n) is 20.4. The van der Waals surface area contributed by atoms with Crippen LogP contribution in [0.2, 0.25) is 78.6 Å². The Labute approximate surface area is 177 Å². The van der Waals surface area contributed by atoms with Crippen molar-refractivity contribution in [1.82, 2.24) is 5.32 Å². The van der Waals surface area contributed by atoms with Crippen molar-refractivity contribution in [2.75, 3.05) is 26.4 Å². The smallest absolute Gasteiger partial charge is 0.306 e. The Morgan fingerprint density at radius 2 is 0.964 bits per heavy atom. The lowest BCUT2D eigenvalue weighted by Crippen LogP contribution is -2.61. The Balaban J connectivity index is 5.48. The molecule has 0 spiro atoms. The highest BCUT2D eigenvalue weighted by Gasteiger charge is 2.37. The van der Waals surface area contributed by atoms with Crippen molar-refractivity contribution in [3.63, 3.8) is 0 Å². The molecule has 1 N–H and O–H groups in total. The van der Waals surface area contributed by atoms with E-state index in [0.717, 1.165) is 0 Å². The Kier molecular flexibility index (Phi) is 10.5. The quantitative estimate of drug-likeness (QED) is 0.409. The second kappa shape index (κ2) is 10.5. The molecule has 0 fully saturated rings. The molecule has 0 heterocycles. The standard InChI is InChI=1S/C18H45NO5Si4/c1-25(2,3)21-14-18(15-22-26(4,5)6,16-23-27(7,8)9)19-13-17(20)24-28(10,11)12/h19H,13-16H2,1-12H3. The Morgan fingerprint density at radius 3 is 1.21 bits per heavy atom. The fraction of sp³-hybridized carbons (Fsp3) is 0.944. The third kappa shape index (κ3) is 16.0. The van der Waals surface area contributed by atoms with Gasteiger partial charge in [-0.05, 0) is 78.6 Å². The molecule has 10 heteroatoms. The van der Waals surface area contributed by atoms with Gasteiger partial charge < -0.3 is 17.7 Å². The van der Waals surface area contributed by atoms with Gasteiger partial charge in [-0.1, -0.05) is 0 Å². The molecule has 6 nitrogen and oxygen atoms in total. The zero-order valence-corrected chi connectivity index (χ0v) is 24.4. The number of nitrogens with one attached hydrogen (secondary N) is 1. The Hall–Kier alpha value is 0.178. The average molecular weight is 468 g/mol. The summed E-state index contributed by atoms with van der Waals surface area (Å²) < 4.78 is 24.4. The van der Waals surface area contributed by atoms with Crippen molar-refractivity contribution in [1.29, 1.82) is 0 Å². The molecule has 0 aliphatic heterocycles. The van der Waals surface area contributed by atoms with Gasteiger partial charge in [-0.2, -0.15) is 0 Å². The maximum atomic E-state index is 12.4. The second-order valence-electron chi connectivity index (χ2n) is 11.4. The second-order valence-corrected chi connectivity index (χ2v) is 29.4. The van der Waals surface area contributed by atoms with Gasteiger partial charge in [0.25, 0.3) is 0 Å². The summed E-state index contributed by atoms with van der Waals surface area (Å²) in [6.07, 6.45) is 0. The first kappa shape index (κ1) is 28.2. The van der Waals surface area contributed by atoms with E-state index in [1.165, 1.54) is 0 Å². The first-order chi connectivity index (χ1) is 12.2. The van der Waals surface area contributed by atoms with Crippen LogP contribution in [0.25, 0.3) is 0 Å². The van der Waals surface area contributed by atoms with E-state index in [2.05, 4.69) is 64.2 Å². The number of carbonyl (C=O) groups excluding carboxylic acids is 1. The summed E-state index contributed by atoms with van der Waals surface area (Å²) in [5.41, 5.74) is -0.570. The molecule has 0 atom stereocenters. The van der Waals surface area contributed by atoms with Crippen LogP contribution in [0.4, 0.5) is 0 Å². The van der Waals surface area contributed by atoms with Crippen LogP contribution in [0, 0.1) is 0 Å². The summed E-state index contributed by atoms with van der Waals surface area (Å²) in [7, 11) is -7.17. The van der Waals surface area contributed by atoms with Crippen LogP contribution in [0.1, 0.15) is 0 Å². The average Bonchev–Trinajstić information content (AvgIpc) is 2.41. The van der Waals surface area contributed by atoms with Crippen LogP contribution in [-0.2, 0) is 22.5 Å². The zero-order chi connectivity index (χ0) is 22.4. The fourth-order valence-electron chi connectivity index (χ4n) is 1.98. The molecule has 168 valence electrons. The molecule has 0 saturated carbocycles. The topological polar surface area (TPSA) is 66.0 Å². The van der Waals surface area contributed by atoms with Crippen molar-refractivity contribution < 1.29 is 22.5 Å². The van der Waals surface area contributed by atoms with Gasteiger partial charge in [0.15, 0.2) is 25.0 Å². The summed E-state index contributed by atoms with van der Waals surface area (Å²) in [4.78, 5) is 12.4. The molecular weight excluding hydrogens is 423 g/mol. The molecule has 28 heavy (non-hydrogen) atoms. The van der Waals surface area contributed by atoms with Gasteiger partial charge in [0.2, 0.25) is 8.32 Å². The third-order valence-electron chi connectivity index (χ3n) is 3.37. The molecule has 0 aromatic carbocycles. The van der Waals surface area contributed by atoms with Crippen LogP contribution in [0.3, 0.4) is 0 Å². The number of hydrogen-bond donors (Lipinski definition) is 1. The van der Waals surface area contributed by atoms with Crippen LogP contribution in [0.15, 0.2) is 0 Å². The maximum absolute atomic E-state index is 12.4. The lowest BCUT2D eigenvalue weighted by Gasteiger charge is -2.39. The van der Waals surface area contributed by atoms with E-state index in [0.29, 0.717) is 19.8 Å². The predicted octanol–water partition coefficient (Wildman–Crippen LogP) is 4.25. The first-order valence-corrected chi connectivity index (χ1v) is 23.7. The van der Waals surface area contributed by atoms with Crippen molar-refractivity contribution >= 4 is 39.2 Å².